The molecule has 0 aliphatic carbocycles. The minimum absolute atomic E-state index is 0.118. The zero-order chi connectivity index (χ0) is 19.7. The Kier molecular flexibility index (Phi) is 5.72. The predicted octanol–water partition coefficient (Wildman–Crippen LogP) is 4.69. The molecule has 1 saturated heterocycles. The Morgan fingerprint density at radius 1 is 1.04 bits per heavy atom. The molecule has 4 nitrogen and oxygen atoms in total. The second-order valence-corrected chi connectivity index (χ2v) is 7.46. The second kappa shape index (κ2) is 7.87. The van der Waals surface area contributed by atoms with E-state index in [1.54, 1.807) is 35.2 Å². The third kappa shape index (κ3) is 4.09. The number of anilines is 1. The summed E-state index contributed by atoms with van der Waals surface area (Å²) in [6.45, 7) is 4.76. The molecular weight excluding hydrogens is 390 g/mol. The quantitative estimate of drug-likeness (QED) is 0.691. The maximum absolute atomic E-state index is 14.4. The van der Waals surface area contributed by atoms with E-state index in [-0.39, 0.29) is 17.7 Å². The highest BCUT2D eigenvalue weighted by Gasteiger charge is 2.29. The van der Waals surface area contributed by atoms with E-state index in [9.17, 15) is 14.0 Å². The van der Waals surface area contributed by atoms with E-state index in [0.717, 1.165) is 0 Å². The number of halogens is 3. The number of carbonyl (C=O) groups is 2. The molecule has 0 radical (unpaired) electrons. The lowest BCUT2D eigenvalue weighted by Gasteiger charge is -2.41. The molecule has 1 aliphatic rings. The third-order valence-corrected chi connectivity index (χ3v) is 5.49. The fourth-order valence-corrected chi connectivity index (χ4v) is 3.55. The van der Waals surface area contributed by atoms with Crippen molar-refractivity contribution >= 4 is 40.6 Å². The maximum Gasteiger partial charge on any atom is 0.254 e. The van der Waals surface area contributed by atoms with Gasteiger partial charge < -0.3 is 9.80 Å². The summed E-state index contributed by atoms with van der Waals surface area (Å²) in [5.74, 6) is -0.738. The molecule has 3 rings (SSSR count). The first kappa shape index (κ1) is 19.6. The van der Waals surface area contributed by atoms with Gasteiger partial charge in [0.1, 0.15) is 5.82 Å². The molecule has 1 fully saturated rings. The van der Waals surface area contributed by atoms with Gasteiger partial charge in [-0.3, -0.25) is 9.59 Å². The summed E-state index contributed by atoms with van der Waals surface area (Å²) in [6.07, 6.45) is 0. The molecule has 0 spiro atoms. The van der Waals surface area contributed by atoms with Crippen molar-refractivity contribution in [3.63, 3.8) is 0 Å². The van der Waals surface area contributed by atoms with Gasteiger partial charge >= 0.3 is 0 Å². The van der Waals surface area contributed by atoms with Gasteiger partial charge in [-0.15, -0.1) is 0 Å². The van der Waals surface area contributed by atoms with Crippen molar-refractivity contribution in [3.8, 4) is 0 Å². The first-order valence-corrected chi connectivity index (χ1v) is 9.35. The predicted molar refractivity (Wildman–Crippen MR) is 106 cm³/mol. The van der Waals surface area contributed by atoms with Crippen LogP contribution < -0.4 is 4.90 Å². The number of carbonyl (C=O) groups excluding carboxylic acids is 2. The number of ketones is 1. The van der Waals surface area contributed by atoms with Gasteiger partial charge in [0.2, 0.25) is 0 Å². The van der Waals surface area contributed by atoms with Crippen molar-refractivity contribution < 1.29 is 14.0 Å². The number of amides is 1. The van der Waals surface area contributed by atoms with Crippen molar-refractivity contribution in [2.24, 2.45) is 0 Å². The Hall–Kier alpha value is -2.11. The van der Waals surface area contributed by atoms with Crippen molar-refractivity contribution in [1.29, 1.82) is 0 Å². The van der Waals surface area contributed by atoms with E-state index in [1.807, 2.05) is 11.8 Å². The lowest BCUT2D eigenvalue weighted by molar-refractivity contribution is 0.0673. The molecular formula is C20H19Cl2FN2O2. The van der Waals surface area contributed by atoms with E-state index in [1.165, 1.54) is 13.0 Å². The number of nitrogens with zero attached hydrogens (tertiary/aromatic N) is 2. The van der Waals surface area contributed by atoms with Crippen LogP contribution in [0.25, 0.3) is 0 Å². The molecule has 1 heterocycles. The molecule has 2 aromatic carbocycles. The minimum Gasteiger partial charge on any atom is -0.365 e. The fourth-order valence-electron chi connectivity index (χ4n) is 3.26. The van der Waals surface area contributed by atoms with Crippen molar-refractivity contribution in [2.45, 2.75) is 19.9 Å². The highest BCUT2D eigenvalue weighted by Crippen LogP contribution is 2.26. The minimum atomic E-state index is -0.431. The maximum atomic E-state index is 14.4. The zero-order valence-electron chi connectivity index (χ0n) is 15.0. The van der Waals surface area contributed by atoms with Crippen LogP contribution in [0.15, 0.2) is 36.4 Å². The second-order valence-electron chi connectivity index (χ2n) is 6.64. The Labute approximate surface area is 167 Å². The molecule has 0 saturated carbocycles. The van der Waals surface area contributed by atoms with Crippen LogP contribution in [-0.4, -0.2) is 42.3 Å². The molecule has 0 N–H and O–H groups in total. The summed E-state index contributed by atoms with van der Waals surface area (Å²) in [7, 11) is 0. The first-order valence-electron chi connectivity index (χ1n) is 8.59. The largest absolute Gasteiger partial charge is 0.365 e. The van der Waals surface area contributed by atoms with Crippen LogP contribution in [0.2, 0.25) is 10.0 Å². The summed E-state index contributed by atoms with van der Waals surface area (Å²) in [5, 5.41) is 0.733. The zero-order valence-corrected chi connectivity index (χ0v) is 16.5. The van der Waals surface area contributed by atoms with E-state index in [0.29, 0.717) is 46.5 Å². The van der Waals surface area contributed by atoms with Crippen LogP contribution in [0, 0.1) is 5.82 Å². The molecule has 7 heteroatoms. The van der Waals surface area contributed by atoms with E-state index in [2.05, 4.69) is 0 Å². The number of Topliss-reactive ketones (excluding diaryl/α,β-unsaturated/α-hetero) is 1. The summed E-state index contributed by atoms with van der Waals surface area (Å²) in [4.78, 5) is 27.8. The molecule has 27 heavy (non-hydrogen) atoms. The van der Waals surface area contributed by atoms with Crippen LogP contribution in [0.5, 0.6) is 0 Å². The standard InChI is InChI=1S/C20H19Cl2FN2O2/c1-12-11-24(19-6-4-14(13(2)26)10-18(19)23)7-8-25(12)20(27)15-3-5-16(21)17(22)9-15/h3-6,9-10,12H,7-8,11H2,1-2H3/t12-/m0/s1. The highest BCUT2D eigenvalue weighted by molar-refractivity contribution is 6.42. The fraction of sp³-hybridized carbons (Fsp3) is 0.300. The normalized spacial score (nSPS) is 17.1. The molecule has 1 amide bonds. The van der Waals surface area contributed by atoms with E-state index >= 15 is 0 Å². The molecule has 1 atom stereocenters. The highest BCUT2D eigenvalue weighted by atomic mass is 35.5. The van der Waals surface area contributed by atoms with Gasteiger partial charge in [-0.2, -0.15) is 0 Å². The van der Waals surface area contributed by atoms with Crippen LogP contribution >= 0.6 is 23.2 Å². The number of piperazine rings is 1. The third-order valence-electron chi connectivity index (χ3n) is 4.75. The first-order chi connectivity index (χ1) is 12.8. The Morgan fingerprint density at radius 2 is 1.74 bits per heavy atom. The molecule has 142 valence electrons. The Bertz CT molecular complexity index is 904. The van der Waals surface area contributed by atoms with Gasteiger partial charge in [0, 0.05) is 36.8 Å². The van der Waals surface area contributed by atoms with Gasteiger partial charge in [-0.1, -0.05) is 23.2 Å². The molecule has 0 bridgehead atoms. The van der Waals surface area contributed by atoms with E-state index in [4.69, 9.17) is 23.2 Å². The van der Waals surface area contributed by atoms with Gasteiger partial charge in [0.05, 0.1) is 15.7 Å². The summed E-state index contributed by atoms with van der Waals surface area (Å²) < 4.78 is 14.4. The van der Waals surface area contributed by atoms with Gasteiger partial charge in [0.25, 0.3) is 5.91 Å². The van der Waals surface area contributed by atoms with Crippen molar-refractivity contribution in [3.05, 3.63) is 63.4 Å². The van der Waals surface area contributed by atoms with Crippen LogP contribution in [0.4, 0.5) is 10.1 Å². The average molecular weight is 409 g/mol. The SMILES string of the molecule is CC(=O)c1ccc(N2CCN(C(=O)c3ccc(Cl)c(Cl)c3)[C@@H](C)C2)c(F)c1. The smallest absolute Gasteiger partial charge is 0.254 e. The summed E-state index contributed by atoms with van der Waals surface area (Å²) >= 11 is 11.9. The number of hydrogen-bond acceptors (Lipinski definition) is 3. The molecule has 0 unspecified atom stereocenters. The van der Waals surface area contributed by atoms with Crippen LogP contribution in [0.3, 0.4) is 0 Å². The van der Waals surface area contributed by atoms with Gasteiger partial charge in [-0.05, 0) is 50.2 Å². The Balaban J connectivity index is 1.75. The summed E-state index contributed by atoms with van der Waals surface area (Å²) in [5.41, 5.74) is 1.26. The van der Waals surface area contributed by atoms with Crippen molar-refractivity contribution in [2.75, 3.05) is 24.5 Å². The molecule has 0 aromatic heterocycles. The lowest BCUT2D eigenvalue weighted by Crippen LogP contribution is -2.54. The van der Waals surface area contributed by atoms with E-state index < -0.39 is 5.82 Å². The molecule has 2 aromatic rings. The molecule has 1 aliphatic heterocycles. The number of rotatable bonds is 3. The van der Waals surface area contributed by atoms with Crippen LogP contribution in [0.1, 0.15) is 34.6 Å². The summed E-state index contributed by atoms with van der Waals surface area (Å²) in [6, 6.07) is 9.20. The van der Waals surface area contributed by atoms with Crippen molar-refractivity contribution in [1.82, 2.24) is 4.90 Å². The number of benzene rings is 2. The van der Waals surface area contributed by atoms with Crippen LogP contribution in [-0.2, 0) is 0 Å². The number of hydrogen-bond donors (Lipinski definition) is 0. The average Bonchev–Trinajstić information content (AvgIpc) is 2.63. The lowest BCUT2D eigenvalue weighted by atomic mass is 10.1. The van der Waals surface area contributed by atoms with Gasteiger partial charge in [-0.25, -0.2) is 4.39 Å². The van der Waals surface area contributed by atoms with Gasteiger partial charge in [0.15, 0.2) is 5.78 Å². The monoisotopic (exact) mass is 408 g/mol. The Morgan fingerprint density at radius 3 is 2.33 bits per heavy atom. The topological polar surface area (TPSA) is 40.6 Å².